The first-order valence-corrected chi connectivity index (χ1v) is 10.8. The number of hydrogen-bond acceptors (Lipinski definition) is 4. The van der Waals surface area contributed by atoms with E-state index in [9.17, 15) is 13.2 Å². The highest BCUT2D eigenvalue weighted by atomic mass is 32.2. The van der Waals surface area contributed by atoms with Gasteiger partial charge < -0.3 is 14.5 Å². The summed E-state index contributed by atoms with van der Waals surface area (Å²) in [5.74, 6) is 0. The molecule has 2 aliphatic heterocycles. The van der Waals surface area contributed by atoms with E-state index in [-0.39, 0.29) is 6.10 Å². The number of para-hydroxylation sites is 1. The van der Waals surface area contributed by atoms with Crippen LogP contribution >= 0.6 is 11.8 Å². The van der Waals surface area contributed by atoms with Gasteiger partial charge in [0.1, 0.15) is 0 Å². The highest BCUT2D eigenvalue weighted by molar-refractivity contribution is 7.99. The Labute approximate surface area is 173 Å². The summed E-state index contributed by atoms with van der Waals surface area (Å²) in [6, 6.07) is 11.8. The second kappa shape index (κ2) is 8.58. The van der Waals surface area contributed by atoms with Crippen molar-refractivity contribution in [1.82, 2.24) is 4.90 Å². The van der Waals surface area contributed by atoms with Crippen LogP contribution in [0.25, 0.3) is 0 Å². The number of benzene rings is 2. The Morgan fingerprint density at radius 2 is 1.76 bits per heavy atom. The fourth-order valence-corrected chi connectivity index (χ4v) is 4.98. The van der Waals surface area contributed by atoms with Gasteiger partial charge >= 0.3 is 6.18 Å². The molecular formula is C22H25F3N2OS. The minimum absolute atomic E-state index is 0.101. The SMILES string of the molecule is CC(CN1c2ccccc2Sc2ccc(C(F)(F)F)cc21)OCCN1CCCC1. The van der Waals surface area contributed by atoms with Gasteiger partial charge in [0.2, 0.25) is 0 Å². The maximum absolute atomic E-state index is 13.3. The maximum atomic E-state index is 13.3. The number of anilines is 2. The molecule has 1 unspecified atom stereocenters. The normalized spacial score (nSPS) is 17.9. The van der Waals surface area contributed by atoms with Gasteiger partial charge in [-0.05, 0) is 63.2 Å². The van der Waals surface area contributed by atoms with E-state index in [1.54, 1.807) is 6.07 Å². The molecule has 156 valence electrons. The highest BCUT2D eigenvalue weighted by Crippen LogP contribution is 2.49. The highest BCUT2D eigenvalue weighted by Gasteiger charge is 2.33. The van der Waals surface area contributed by atoms with E-state index in [1.807, 2.05) is 36.1 Å². The lowest BCUT2D eigenvalue weighted by molar-refractivity contribution is -0.137. The summed E-state index contributed by atoms with van der Waals surface area (Å²) in [6.07, 6.45) is -1.97. The zero-order valence-electron chi connectivity index (χ0n) is 16.4. The minimum atomic E-state index is -4.36. The van der Waals surface area contributed by atoms with Crippen molar-refractivity contribution in [3.8, 4) is 0 Å². The van der Waals surface area contributed by atoms with Crippen molar-refractivity contribution in [2.24, 2.45) is 0 Å². The van der Waals surface area contributed by atoms with Crippen LogP contribution < -0.4 is 4.90 Å². The first-order chi connectivity index (χ1) is 13.9. The molecule has 0 radical (unpaired) electrons. The Kier molecular flexibility index (Phi) is 6.08. The molecule has 0 N–H and O–H groups in total. The molecule has 2 aliphatic rings. The molecule has 0 aliphatic carbocycles. The number of alkyl halides is 3. The van der Waals surface area contributed by atoms with E-state index in [2.05, 4.69) is 4.90 Å². The molecule has 1 atom stereocenters. The van der Waals surface area contributed by atoms with Gasteiger partial charge in [-0.2, -0.15) is 13.2 Å². The molecular weight excluding hydrogens is 397 g/mol. The third-order valence-corrected chi connectivity index (χ3v) is 6.53. The first kappa shape index (κ1) is 20.6. The molecule has 0 aromatic heterocycles. The van der Waals surface area contributed by atoms with Crippen LogP contribution in [-0.2, 0) is 10.9 Å². The molecule has 1 fully saturated rings. The van der Waals surface area contributed by atoms with Crippen molar-refractivity contribution in [2.45, 2.75) is 41.8 Å². The number of fused-ring (bicyclic) bond motifs is 2. The van der Waals surface area contributed by atoms with E-state index in [0.29, 0.717) is 18.8 Å². The van der Waals surface area contributed by atoms with Crippen molar-refractivity contribution in [3.63, 3.8) is 0 Å². The number of halogens is 3. The number of nitrogens with zero attached hydrogens (tertiary/aromatic N) is 2. The Balaban J connectivity index is 1.53. The topological polar surface area (TPSA) is 15.7 Å². The van der Waals surface area contributed by atoms with Crippen LogP contribution in [0.15, 0.2) is 52.3 Å². The summed E-state index contributed by atoms with van der Waals surface area (Å²) in [5.41, 5.74) is 0.904. The average molecular weight is 423 g/mol. The van der Waals surface area contributed by atoms with Gasteiger partial charge in [0.15, 0.2) is 0 Å². The van der Waals surface area contributed by atoms with Crippen LogP contribution in [0.3, 0.4) is 0 Å². The van der Waals surface area contributed by atoms with Gasteiger partial charge in [0.25, 0.3) is 0 Å². The van der Waals surface area contributed by atoms with Crippen molar-refractivity contribution >= 4 is 23.1 Å². The molecule has 1 saturated heterocycles. The van der Waals surface area contributed by atoms with Crippen LogP contribution in [-0.4, -0.2) is 43.8 Å². The number of rotatable bonds is 6. The van der Waals surface area contributed by atoms with E-state index in [4.69, 9.17) is 4.74 Å². The van der Waals surface area contributed by atoms with Crippen molar-refractivity contribution in [1.29, 1.82) is 0 Å². The number of ether oxygens (including phenoxy) is 1. The standard InChI is InChI=1S/C22H25F3N2OS/c1-16(28-13-12-26-10-4-5-11-26)15-27-18-6-2-3-7-20(18)29-21-9-8-17(14-19(21)27)22(23,24)25/h2-3,6-9,14,16H,4-5,10-13,15H2,1H3. The quantitative estimate of drug-likeness (QED) is 0.584. The Morgan fingerprint density at radius 3 is 2.52 bits per heavy atom. The van der Waals surface area contributed by atoms with Crippen molar-refractivity contribution in [2.75, 3.05) is 37.7 Å². The smallest absolute Gasteiger partial charge is 0.375 e. The molecule has 7 heteroatoms. The monoisotopic (exact) mass is 422 g/mol. The van der Waals surface area contributed by atoms with Crippen molar-refractivity contribution in [3.05, 3.63) is 48.0 Å². The molecule has 3 nitrogen and oxygen atoms in total. The molecule has 2 heterocycles. The molecule has 4 rings (SSSR count). The summed E-state index contributed by atoms with van der Waals surface area (Å²) in [6.45, 7) is 6.30. The Bertz CT molecular complexity index is 852. The van der Waals surface area contributed by atoms with Gasteiger partial charge in [-0.15, -0.1) is 0 Å². The zero-order chi connectivity index (χ0) is 20.4. The largest absolute Gasteiger partial charge is 0.416 e. The molecule has 2 aromatic rings. The summed E-state index contributed by atoms with van der Waals surface area (Å²) in [4.78, 5) is 6.24. The Hall–Kier alpha value is -1.70. The lowest BCUT2D eigenvalue weighted by atomic mass is 10.1. The number of hydrogen-bond donors (Lipinski definition) is 0. The zero-order valence-corrected chi connectivity index (χ0v) is 17.2. The van der Waals surface area contributed by atoms with Gasteiger partial charge in [-0.1, -0.05) is 23.9 Å². The van der Waals surface area contributed by atoms with Gasteiger partial charge in [0.05, 0.1) is 29.6 Å². The average Bonchev–Trinajstić information content (AvgIpc) is 3.20. The van der Waals surface area contributed by atoms with E-state index in [0.717, 1.165) is 41.2 Å². The molecule has 0 spiro atoms. The molecule has 0 bridgehead atoms. The van der Waals surface area contributed by atoms with Crippen LogP contribution in [0.2, 0.25) is 0 Å². The van der Waals surface area contributed by atoms with E-state index in [1.165, 1.54) is 30.7 Å². The summed E-state index contributed by atoms with van der Waals surface area (Å²) in [5, 5.41) is 0. The second-order valence-electron chi connectivity index (χ2n) is 7.59. The predicted molar refractivity (Wildman–Crippen MR) is 110 cm³/mol. The Morgan fingerprint density at radius 1 is 1.03 bits per heavy atom. The summed E-state index contributed by atoms with van der Waals surface area (Å²) < 4.78 is 45.9. The number of likely N-dealkylation sites (tertiary alicyclic amines) is 1. The van der Waals surface area contributed by atoms with E-state index >= 15 is 0 Å². The van der Waals surface area contributed by atoms with Gasteiger partial charge in [0, 0.05) is 22.9 Å². The molecule has 0 amide bonds. The third-order valence-electron chi connectivity index (χ3n) is 5.40. The van der Waals surface area contributed by atoms with Crippen molar-refractivity contribution < 1.29 is 17.9 Å². The van der Waals surface area contributed by atoms with Gasteiger partial charge in [-0.3, -0.25) is 0 Å². The minimum Gasteiger partial charge on any atom is -0.375 e. The lowest BCUT2D eigenvalue weighted by Gasteiger charge is -2.35. The summed E-state index contributed by atoms with van der Waals surface area (Å²) in [7, 11) is 0. The summed E-state index contributed by atoms with van der Waals surface area (Å²) >= 11 is 1.51. The van der Waals surface area contributed by atoms with Crippen LogP contribution in [0.4, 0.5) is 24.5 Å². The predicted octanol–water partition coefficient (Wildman–Crippen LogP) is 5.81. The van der Waals surface area contributed by atoms with Crippen LogP contribution in [0, 0.1) is 0 Å². The fourth-order valence-electron chi connectivity index (χ4n) is 3.90. The third kappa shape index (κ3) is 4.73. The van der Waals surface area contributed by atoms with Gasteiger partial charge in [-0.25, -0.2) is 0 Å². The molecule has 0 saturated carbocycles. The van der Waals surface area contributed by atoms with E-state index < -0.39 is 11.7 Å². The second-order valence-corrected chi connectivity index (χ2v) is 8.67. The molecule has 29 heavy (non-hydrogen) atoms. The fraction of sp³-hybridized carbons (Fsp3) is 0.455. The van der Waals surface area contributed by atoms with Crippen LogP contribution in [0.1, 0.15) is 25.3 Å². The lowest BCUT2D eigenvalue weighted by Crippen LogP contribution is -2.33. The van der Waals surface area contributed by atoms with Crippen LogP contribution in [0.5, 0.6) is 0 Å². The first-order valence-electron chi connectivity index (χ1n) is 10.0. The maximum Gasteiger partial charge on any atom is 0.416 e. The molecule has 2 aromatic carbocycles.